The van der Waals surface area contributed by atoms with Gasteiger partial charge in [-0.15, -0.1) is 0 Å². The van der Waals surface area contributed by atoms with E-state index < -0.39 is 0 Å². The molecule has 2 N–H and O–H groups in total. The number of aliphatic hydroxyl groups excluding tert-OH is 1. The van der Waals surface area contributed by atoms with Crippen LogP contribution in [0.1, 0.15) is 48.9 Å². The number of fused-ring (bicyclic) bond motifs is 1. The molecule has 154 valence electrons. The van der Waals surface area contributed by atoms with Gasteiger partial charge in [0.25, 0.3) is 0 Å². The van der Waals surface area contributed by atoms with Crippen molar-refractivity contribution in [1.29, 1.82) is 0 Å². The van der Waals surface area contributed by atoms with Gasteiger partial charge in [0.15, 0.2) is 5.78 Å². The molecule has 4 nitrogen and oxygen atoms in total. The number of aliphatic hydroxyl groups is 1. The first-order valence-electron chi connectivity index (χ1n) is 10.7. The van der Waals surface area contributed by atoms with Crippen LogP contribution in [-0.4, -0.2) is 28.1 Å². The second-order valence-electron chi connectivity index (χ2n) is 7.97. The van der Waals surface area contributed by atoms with Crippen molar-refractivity contribution in [2.45, 2.75) is 45.4 Å². The topological polar surface area (TPSA) is 65.4 Å². The van der Waals surface area contributed by atoms with Crippen molar-refractivity contribution in [2.75, 3.05) is 6.54 Å². The van der Waals surface area contributed by atoms with Gasteiger partial charge >= 0.3 is 0 Å². The Morgan fingerprint density at radius 1 is 1.10 bits per heavy atom. The Hall–Kier alpha value is -3.14. The minimum Gasteiger partial charge on any atom is -0.512 e. The molecule has 0 radical (unpaired) electrons. The summed E-state index contributed by atoms with van der Waals surface area (Å²) in [6, 6.07) is 18.4. The van der Waals surface area contributed by atoms with Gasteiger partial charge in [-0.3, -0.25) is 9.79 Å². The number of aryl methyl sites for hydroxylation is 1. The first-order chi connectivity index (χ1) is 14.6. The predicted molar refractivity (Wildman–Crippen MR) is 122 cm³/mol. The number of H-pyrrole nitrogens is 1. The molecule has 1 aliphatic carbocycles. The quantitative estimate of drug-likeness (QED) is 0.418. The van der Waals surface area contributed by atoms with Gasteiger partial charge < -0.3 is 10.1 Å². The summed E-state index contributed by atoms with van der Waals surface area (Å²) in [6.45, 7) is 4.55. The third-order valence-corrected chi connectivity index (χ3v) is 6.02. The number of hydrogen-bond acceptors (Lipinski definition) is 3. The summed E-state index contributed by atoms with van der Waals surface area (Å²) in [5.74, 6) is 0.269. The summed E-state index contributed by atoms with van der Waals surface area (Å²) < 4.78 is 0. The van der Waals surface area contributed by atoms with Gasteiger partial charge in [-0.1, -0.05) is 55.5 Å². The number of ketones is 1. The molecule has 0 saturated heterocycles. The monoisotopic (exact) mass is 400 g/mol. The van der Waals surface area contributed by atoms with E-state index in [1.165, 1.54) is 10.9 Å². The zero-order chi connectivity index (χ0) is 21.1. The maximum absolute atomic E-state index is 12.9. The highest BCUT2D eigenvalue weighted by atomic mass is 16.3. The van der Waals surface area contributed by atoms with Crippen LogP contribution >= 0.6 is 0 Å². The van der Waals surface area contributed by atoms with E-state index in [1.54, 1.807) is 0 Å². The van der Waals surface area contributed by atoms with Gasteiger partial charge in [-0.25, -0.2) is 0 Å². The Labute approximate surface area is 177 Å². The number of allylic oxidation sites excluding steroid dienone is 2. The van der Waals surface area contributed by atoms with Crippen LogP contribution < -0.4 is 0 Å². The summed E-state index contributed by atoms with van der Waals surface area (Å²) in [5, 5.41) is 11.6. The highest BCUT2D eigenvalue weighted by Crippen LogP contribution is 2.33. The zero-order valence-corrected chi connectivity index (χ0v) is 17.6. The van der Waals surface area contributed by atoms with Gasteiger partial charge in [0.1, 0.15) is 5.76 Å². The van der Waals surface area contributed by atoms with Crippen molar-refractivity contribution in [3.8, 4) is 0 Å². The largest absolute Gasteiger partial charge is 0.512 e. The van der Waals surface area contributed by atoms with Gasteiger partial charge in [-0.2, -0.15) is 0 Å². The Morgan fingerprint density at radius 2 is 1.83 bits per heavy atom. The second-order valence-corrected chi connectivity index (χ2v) is 7.97. The lowest BCUT2D eigenvalue weighted by molar-refractivity contribution is -0.115. The van der Waals surface area contributed by atoms with Crippen molar-refractivity contribution in [2.24, 2.45) is 4.99 Å². The van der Waals surface area contributed by atoms with Crippen LogP contribution in [0.25, 0.3) is 10.9 Å². The molecule has 1 heterocycles. The number of aromatic amines is 1. The molecule has 0 bridgehead atoms. The molecule has 4 rings (SSSR count). The maximum atomic E-state index is 12.9. The van der Waals surface area contributed by atoms with Crippen molar-refractivity contribution in [3.05, 3.63) is 82.8 Å². The molecule has 1 aliphatic rings. The lowest BCUT2D eigenvalue weighted by Crippen LogP contribution is -2.27. The Kier molecular flexibility index (Phi) is 5.84. The van der Waals surface area contributed by atoms with E-state index in [4.69, 9.17) is 4.99 Å². The van der Waals surface area contributed by atoms with Crippen LogP contribution in [0.3, 0.4) is 0 Å². The molecule has 0 amide bonds. The number of nitrogens with one attached hydrogen (secondary N) is 1. The zero-order valence-electron chi connectivity index (χ0n) is 17.6. The summed E-state index contributed by atoms with van der Waals surface area (Å²) in [6.07, 6.45) is 2.34. The number of carbonyl (C=O) groups is 1. The van der Waals surface area contributed by atoms with E-state index in [-0.39, 0.29) is 17.5 Å². The molecule has 1 atom stereocenters. The van der Waals surface area contributed by atoms with E-state index >= 15 is 0 Å². The third-order valence-electron chi connectivity index (χ3n) is 6.02. The fraction of sp³-hybridized carbons (Fsp3) is 0.308. The summed E-state index contributed by atoms with van der Waals surface area (Å²) >= 11 is 0. The number of para-hydroxylation sites is 1. The van der Waals surface area contributed by atoms with Crippen LogP contribution in [0, 0.1) is 6.92 Å². The smallest absolute Gasteiger partial charge is 0.168 e. The number of carbonyl (C=O) groups excluding carboxylic acids is 1. The van der Waals surface area contributed by atoms with Gasteiger partial charge in [0, 0.05) is 41.7 Å². The molecule has 30 heavy (non-hydrogen) atoms. The number of aliphatic imine (C=N–C) groups is 1. The average molecular weight is 401 g/mol. The van der Waals surface area contributed by atoms with Crippen LogP contribution in [0.15, 0.2) is 70.9 Å². The lowest BCUT2D eigenvalue weighted by Gasteiger charge is -2.26. The van der Waals surface area contributed by atoms with E-state index in [0.29, 0.717) is 31.4 Å². The Balaban J connectivity index is 1.61. The highest BCUT2D eigenvalue weighted by Gasteiger charge is 2.31. The summed E-state index contributed by atoms with van der Waals surface area (Å²) in [5.41, 5.74) is 5.91. The molecule has 0 spiro atoms. The van der Waals surface area contributed by atoms with Crippen LogP contribution in [0.2, 0.25) is 0 Å². The standard InChI is InChI=1S/C26H28N2O2/c1-3-24(29)26-23(15-19(16-25(26)30)18-9-5-4-6-10-18)27-14-13-20-17(2)28-22-12-8-7-11-21(20)22/h4-12,19,28-29H,3,13-16H2,1-2H3/t19-/m1/s1. The molecule has 1 fully saturated rings. The molecule has 1 aromatic heterocycles. The number of benzene rings is 2. The molecular weight excluding hydrogens is 372 g/mol. The number of nitrogens with zero attached hydrogens (tertiary/aromatic N) is 1. The molecule has 0 aliphatic heterocycles. The van der Waals surface area contributed by atoms with E-state index in [2.05, 4.69) is 42.2 Å². The maximum Gasteiger partial charge on any atom is 0.168 e. The molecule has 1 saturated carbocycles. The van der Waals surface area contributed by atoms with Gasteiger partial charge in [0.2, 0.25) is 0 Å². The predicted octanol–water partition coefficient (Wildman–Crippen LogP) is 5.83. The molecular formula is C26H28N2O2. The number of Topliss-reactive ketones (excluding diaryl/α,β-unsaturated/α-hetero) is 1. The fourth-order valence-electron chi connectivity index (χ4n) is 4.46. The Bertz CT molecular complexity index is 1120. The minimum absolute atomic E-state index is 0.00326. The van der Waals surface area contributed by atoms with Gasteiger partial charge in [0.05, 0.1) is 5.57 Å². The highest BCUT2D eigenvalue weighted by molar-refractivity contribution is 6.24. The van der Waals surface area contributed by atoms with Crippen molar-refractivity contribution >= 4 is 22.4 Å². The van der Waals surface area contributed by atoms with Crippen molar-refractivity contribution in [1.82, 2.24) is 4.98 Å². The first kappa shape index (κ1) is 20.1. The van der Waals surface area contributed by atoms with E-state index in [0.717, 1.165) is 28.9 Å². The van der Waals surface area contributed by atoms with Gasteiger partial charge in [-0.05, 0) is 42.9 Å². The molecule has 4 heteroatoms. The van der Waals surface area contributed by atoms with Crippen LogP contribution in [0.5, 0.6) is 0 Å². The molecule has 2 aromatic carbocycles. The van der Waals surface area contributed by atoms with Crippen LogP contribution in [0.4, 0.5) is 0 Å². The number of aromatic nitrogens is 1. The van der Waals surface area contributed by atoms with Crippen molar-refractivity contribution < 1.29 is 9.90 Å². The molecule has 0 unspecified atom stereocenters. The first-order valence-corrected chi connectivity index (χ1v) is 10.7. The SMILES string of the molecule is CCC(O)=C1C(=O)C[C@H](c2ccccc2)CC1=NCCc1c(C)[nH]c2ccccc12. The number of rotatable bonds is 5. The lowest BCUT2D eigenvalue weighted by atomic mass is 9.79. The summed E-state index contributed by atoms with van der Waals surface area (Å²) in [4.78, 5) is 21.2. The third kappa shape index (κ3) is 3.95. The van der Waals surface area contributed by atoms with E-state index in [9.17, 15) is 9.90 Å². The number of hydrogen-bond donors (Lipinski definition) is 2. The Morgan fingerprint density at radius 3 is 2.60 bits per heavy atom. The second kappa shape index (κ2) is 8.70. The molecule has 3 aromatic rings. The fourth-order valence-corrected chi connectivity index (χ4v) is 4.46. The van der Waals surface area contributed by atoms with Crippen LogP contribution in [-0.2, 0) is 11.2 Å². The van der Waals surface area contributed by atoms with Crippen molar-refractivity contribution in [3.63, 3.8) is 0 Å². The average Bonchev–Trinajstić information content (AvgIpc) is 3.09. The summed E-state index contributed by atoms with van der Waals surface area (Å²) in [7, 11) is 0. The minimum atomic E-state index is -0.00326. The normalized spacial score (nSPS) is 20.1. The van der Waals surface area contributed by atoms with E-state index in [1.807, 2.05) is 31.2 Å².